The second-order valence-corrected chi connectivity index (χ2v) is 7.26. The molecular weight excluding hydrogens is 260 g/mol. The SMILES string of the molecule is CN(c1ccccc1CNC(C)(C)C)C1CCCCC1O. The zero-order valence-electron chi connectivity index (χ0n) is 13.9. The molecule has 1 saturated carbocycles. The van der Waals surface area contributed by atoms with Gasteiger partial charge in [0.05, 0.1) is 12.1 Å². The van der Waals surface area contributed by atoms with E-state index in [0.717, 1.165) is 25.8 Å². The van der Waals surface area contributed by atoms with Crippen molar-refractivity contribution in [2.75, 3.05) is 11.9 Å². The van der Waals surface area contributed by atoms with Gasteiger partial charge in [-0.1, -0.05) is 31.0 Å². The van der Waals surface area contributed by atoms with E-state index in [1.807, 2.05) is 0 Å². The molecule has 2 N–H and O–H groups in total. The molecule has 0 heterocycles. The van der Waals surface area contributed by atoms with E-state index < -0.39 is 0 Å². The van der Waals surface area contributed by atoms with Crippen molar-refractivity contribution in [1.29, 1.82) is 0 Å². The van der Waals surface area contributed by atoms with Crippen molar-refractivity contribution < 1.29 is 5.11 Å². The summed E-state index contributed by atoms with van der Waals surface area (Å²) >= 11 is 0. The van der Waals surface area contributed by atoms with Crippen LogP contribution in [-0.2, 0) is 6.54 Å². The molecule has 1 fully saturated rings. The van der Waals surface area contributed by atoms with Crippen LogP contribution in [0.2, 0.25) is 0 Å². The Hall–Kier alpha value is -1.06. The van der Waals surface area contributed by atoms with Gasteiger partial charge >= 0.3 is 0 Å². The van der Waals surface area contributed by atoms with Crippen LogP contribution in [0.25, 0.3) is 0 Å². The monoisotopic (exact) mass is 290 g/mol. The van der Waals surface area contributed by atoms with Crippen LogP contribution >= 0.6 is 0 Å². The van der Waals surface area contributed by atoms with E-state index in [0.29, 0.717) is 0 Å². The molecule has 3 nitrogen and oxygen atoms in total. The van der Waals surface area contributed by atoms with Crippen LogP contribution in [0.5, 0.6) is 0 Å². The standard InChI is InChI=1S/C18H30N2O/c1-18(2,3)19-13-14-9-5-6-10-15(14)20(4)16-11-7-8-12-17(16)21/h5-6,9-10,16-17,19,21H,7-8,11-13H2,1-4H3. The molecule has 1 aliphatic carbocycles. The molecule has 0 spiro atoms. The molecule has 0 aromatic heterocycles. The summed E-state index contributed by atoms with van der Waals surface area (Å²) < 4.78 is 0. The molecular formula is C18H30N2O. The first-order valence-electron chi connectivity index (χ1n) is 8.12. The number of nitrogens with zero attached hydrogens (tertiary/aromatic N) is 1. The topological polar surface area (TPSA) is 35.5 Å². The maximum absolute atomic E-state index is 10.3. The van der Waals surface area contributed by atoms with E-state index >= 15 is 0 Å². The van der Waals surface area contributed by atoms with Gasteiger partial charge in [0.15, 0.2) is 0 Å². The Balaban J connectivity index is 2.14. The normalized spacial score (nSPS) is 23.1. The Kier molecular flexibility index (Phi) is 5.28. The lowest BCUT2D eigenvalue weighted by Crippen LogP contribution is -2.44. The number of aliphatic hydroxyl groups is 1. The highest BCUT2D eigenvalue weighted by Crippen LogP contribution is 2.29. The number of rotatable bonds is 4. The molecule has 21 heavy (non-hydrogen) atoms. The van der Waals surface area contributed by atoms with Crippen molar-refractivity contribution in [1.82, 2.24) is 5.32 Å². The average molecular weight is 290 g/mol. The lowest BCUT2D eigenvalue weighted by atomic mass is 9.91. The molecule has 0 bridgehead atoms. The molecule has 0 radical (unpaired) electrons. The molecule has 1 aromatic carbocycles. The predicted octanol–water partition coefficient (Wildman–Crippen LogP) is 3.31. The number of para-hydroxylation sites is 1. The highest BCUT2D eigenvalue weighted by atomic mass is 16.3. The lowest BCUT2D eigenvalue weighted by molar-refractivity contribution is 0.106. The van der Waals surface area contributed by atoms with Gasteiger partial charge in [0.1, 0.15) is 0 Å². The van der Waals surface area contributed by atoms with Gasteiger partial charge in [-0.3, -0.25) is 0 Å². The molecule has 0 aliphatic heterocycles. The molecule has 1 aliphatic rings. The highest BCUT2D eigenvalue weighted by molar-refractivity contribution is 5.54. The van der Waals surface area contributed by atoms with E-state index in [1.165, 1.54) is 17.7 Å². The quantitative estimate of drug-likeness (QED) is 0.893. The van der Waals surface area contributed by atoms with Crippen LogP contribution in [0.3, 0.4) is 0 Å². The number of nitrogens with one attached hydrogen (secondary N) is 1. The zero-order valence-corrected chi connectivity index (χ0v) is 13.9. The fraction of sp³-hybridized carbons (Fsp3) is 0.667. The largest absolute Gasteiger partial charge is 0.391 e. The van der Waals surface area contributed by atoms with E-state index in [2.05, 4.69) is 62.3 Å². The van der Waals surface area contributed by atoms with Gasteiger partial charge in [-0.15, -0.1) is 0 Å². The fourth-order valence-corrected chi connectivity index (χ4v) is 3.09. The minimum Gasteiger partial charge on any atom is -0.391 e. The second kappa shape index (κ2) is 6.80. The third-order valence-corrected chi connectivity index (χ3v) is 4.37. The Labute approximate surface area is 129 Å². The van der Waals surface area contributed by atoms with Gasteiger partial charge < -0.3 is 15.3 Å². The van der Waals surface area contributed by atoms with Crippen molar-refractivity contribution in [3.63, 3.8) is 0 Å². The molecule has 0 saturated heterocycles. The predicted molar refractivity (Wildman–Crippen MR) is 89.7 cm³/mol. The van der Waals surface area contributed by atoms with Crippen LogP contribution in [-0.4, -0.2) is 29.8 Å². The summed E-state index contributed by atoms with van der Waals surface area (Å²) in [6, 6.07) is 8.77. The number of likely N-dealkylation sites (N-methyl/N-ethyl adjacent to an activating group) is 1. The Morgan fingerprint density at radius 3 is 2.52 bits per heavy atom. The third kappa shape index (κ3) is 4.45. The maximum Gasteiger partial charge on any atom is 0.0743 e. The van der Waals surface area contributed by atoms with E-state index in [4.69, 9.17) is 0 Å². The maximum atomic E-state index is 10.3. The number of hydrogen-bond acceptors (Lipinski definition) is 3. The summed E-state index contributed by atoms with van der Waals surface area (Å²) in [6.45, 7) is 7.41. The minimum absolute atomic E-state index is 0.107. The van der Waals surface area contributed by atoms with Crippen LogP contribution < -0.4 is 10.2 Å². The first-order chi connectivity index (χ1) is 9.88. The molecule has 118 valence electrons. The first kappa shape index (κ1) is 16.3. The van der Waals surface area contributed by atoms with Crippen molar-refractivity contribution in [3.05, 3.63) is 29.8 Å². The van der Waals surface area contributed by atoms with E-state index in [9.17, 15) is 5.11 Å². The van der Waals surface area contributed by atoms with E-state index in [-0.39, 0.29) is 17.7 Å². The smallest absolute Gasteiger partial charge is 0.0743 e. The van der Waals surface area contributed by atoms with Crippen LogP contribution in [0, 0.1) is 0 Å². The number of hydrogen-bond donors (Lipinski definition) is 2. The van der Waals surface area contributed by atoms with Crippen LogP contribution in [0.1, 0.15) is 52.0 Å². The van der Waals surface area contributed by atoms with Crippen LogP contribution in [0.4, 0.5) is 5.69 Å². The molecule has 2 unspecified atom stereocenters. The molecule has 2 atom stereocenters. The minimum atomic E-state index is -0.201. The average Bonchev–Trinajstić information content (AvgIpc) is 2.44. The summed E-state index contributed by atoms with van der Waals surface area (Å²) in [5.74, 6) is 0. The number of anilines is 1. The molecule has 0 amide bonds. The van der Waals surface area contributed by atoms with Crippen molar-refractivity contribution in [2.24, 2.45) is 0 Å². The summed E-state index contributed by atoms with van der Waals surface area (Å²) in [4.78, 5) is 2.28. The van der Waals surface area contributed by atoms with Gasteiger partial charge in [-0.2, -0.15) is 0 Å². The molecule has 1 aromatic rings. The fourth-order valence-electron chi connectivity index (χ4n) is 3.09. The van der Waals surface area contributed by atoms with Crippen molar-refractivity contribution >= 4 is 5.69 Å². The molecule has 3 heteroatoms. The summed E-state index contributed by atoms with van der Waals surface area (Å²) in [5, 5.41) is 13.9. The Bertz CT molecular complexity index is 453. The van der Waals surface area contributed by atoms with Gasteiger partial charge in [0.25, 0.3) is 0 Å². The van der Waals surface area contributed by atoms with Gasteiger partial charge in [-0.05, 0) is 45.2 Å². The number of benzene rings is 1. The second-order valence-electron chi connectivity index (χ2n) is 7.26. The summed E-state index contributed by atoms with van der Waals surface area (Å²) in [5.41, 5.74) is 2.64. The van der Waals surface area contributed by atoms with Gasteiger partial charge in [0.2, 0.25) is 0 Å². The van der Waals surface area contributed by atoms with E-state index in [1.54, 1.807) is 0 Å². The lowest BCUT2D eigenvalue weighted by Gasteiger charge is -2.37. The third-order valence-electron chi connectivity index (χ3n) is 4.37. The first-order valence-corrected chi connectivity index (χ1v) is 8.12. The highest BCUT2D eigenvalue weighted by Gasteiger charge is 2.27. The Morgan fingerprint density at radius 2 is 1.86 bits per heavy atom. The summed E-state index contributed by atoms with van der Waals surface area (Å²) in [7, 11) is 2.12. The van der Waals surface area contributed by atoms with Crippen molar-refractivity contribution in [3.8, 4) is 0 Å². The zero-order chi connectivity index (χ0) is 15.5. The van der Waals surface area contributed by atoms with Crippen LogP contribution in [0.15, 0.2) is 24.3 Å². The number of aliphatic hydroxyl groups excluding tert-OH is 1. The van der Waals surface area contributed by atoms with Gasteiger partial charge in [-0.25, -0.2) is 0 Å². The molecule has 2 rings (SSSR count). The Morgan fingerprint density at radius 1 is 1.19 bits per heavy atom. The summed E-state index contributed by atoms with van der Waals surface area (Å²) in [6.07, 6.45) is 4.18. The van der Waals surface area contributed by atoms with Gasteiger partial charge in [0, 0.05) is 24.8 Å². The van der Waals surface area contributed by atoms with Crippen molar-refractivity contribution in [2.45, 2.75) is 70.7 Å².